The third kappa shape index (κ3) is 3.97. The van der Waals surface area contributed by atoms with Gasteiger partial charge in [0, 0.05) is 28.5 Å². The smallest absolute Gasteiger partial charge is 0.338 e. The summed E-state index contributed by atoms with van der Waals surface area (Å²) < 4.78 is 5.70. The number of hydrogen-bond donors (Lipinski definition) is 1. The number of benzene rings is 2. The molecular formula is C19H12ClN3O3. The zero-order valence-electron chi connectivity index (χ0n) is 13.4. The van der Waals surface area contributed by atoms with Gasteiger partial charge in [-0.25, -0.2) is 14.8 Å². The fraction of sp³-hybridized carbons (Fsp3) is 0.0526. The fourth-order valence-corrected chi connectivity index (χ4v) is 2.40. The van der Waals surface area contributed by atoms with Crippen molar-refractivity contribution in [2.24, 2.45) is 0 Å². The molecule has 0 bridgehead atoms. The van der Waals surface area contributed by atoms with Crippen LogP contribution in [-0.2, 0) is 6.61 Å². The first kappa shape index (κ1) is 17.4. The molecule has 128 valence electrons. The number of aromatic carboxylic acids is 1. The Bertz CT molecular complexity index is 980. The molecule has 0 aliphatic carbocycles. The van der Waals surface area contributed by atoms with Crippen LogP contribution in [0.25, 0.3) is 11.4 Å². The van der Waals surface area contributed by atoms with Gasteiger partial charge in [-0.2, -0.15) is 5.26 Å². The normalized spacial score (nSPS) is 10.2. The Morgan fingerprint density at radius 2 is 1.85 bits per heavy atom. The van der Waals surface area contributed by atoms with Crippen molar-refractivity contribution in [1.29, 1.82) is 5.26 Å². The largest absolute Gasteiger partial charge is 0.489 e. The predicted molar refractivity (Wildman–Crippen MR) is 94.9 cm³/mol. The topological polar surface area (TPSA) is 96.1 Å². The molecule has 1 N–H and O–H groups in total. The first-order chi connectivity index (χ1) is 12.6. The number of nitriles is 1. The summed E-state index contributed by atoms with van der Waals surface area (Å²) in [7, 11) is 0. The van der Waals surface area contributed by atoms with E-state index in [1.54, 1.807) is 42.5 Å². The van der Waals surface area contributed by atoms with Crippen LogP contribution in [0.15, 0.2) is 54.9 Å². The Hall–Kier alpha value is -3.43. The lowest BCUT2D eigenvalue weighted by Gasteiger charge is -2.08. The molecule has 0 saturated heterocycles. The molecule has 0 aliphatic heterocycles. The van der Waals surface area contributed by atoms with Gasteiger partial charge >= 0.3 is 5.97 Å². The van der Waals surface area contributed by atoms with Crippen molar-refractivity contribution in [2.75, 3.05) is 0 Å². The molecule has 0 amide bonds. The van der Waals surface area contributed by atoms with Crippen molar-refractivity contribution in [3.05, 3.63) is 76.6 Å². The monoisotopic (exact) mass is 365 g/mol. The molecule has 0 radical (unpaired) electrons. The van der Waals surface area contributed by atoms with E-state index in [2.05, 4.69) is 16.0 Å². The minimum absolute atomic E-state index is 0.0324. The zero-order chi connectivity index (χ0) is 18.5. The number of aromatic nitrogens is 2. The highest BCUT2D eigenvalue weighted by molar-refractivity contribution is 6.30. The Labute approximate surface area is 154 Å². The Balaban J connectivity index is 1.70. The van der Waals surface area contributed by atoms with E-state index in [0.717, 1.165) is 11.1 Å². The molecule has 0 unspecified atom stereocenters. The van der Waals surface area contributed by atoms with Gasteiger partial charge in [0.2, 0.25) is 0 Å². The lowest BCUT2D eigenvalue weighted by Crippen LogP contribution is -2.00. The van der Waals surface area contributed by atoms with Crippen LogP contribution in [0.4, 0.5) is 0 Å². The minimum atomic E-state index is -1.07. The third-order valence-corrected chi connectivity index (χ3v) is 3.83. The van der Waals surface area contributed by atoms with E-state index in [1.807, 2.05) is 0 Å². The number of carbonyl (C=O) groups is 1. The summed E-state index contributed by atoms with van der Waals surface area (Å²) in [6, 6.07) is 14.2. The molecular weight excluding hydrogens is 354 g/mol. The molecule has 0 atom stereocenters. The van der Waals surface area contributed by atoms with E-state index in [1.165, 1.54) is 12.4 Å². The molecule has 3 rings (SSSR count). The van der Waals surface area contributed by atoms with Gasteiger partial charge in [0.25, 0.3) is 0 Å². The second-order valence-corrected chi connectivity index (χ2v) is 5.76. The highest BCUT2D eigenvalue weighted by Crippen LogP contribution is 2.21. The number of carboxylic acid groups (broad SMARTS) is 1. The van der Waals surface area contributed by atoms with Crippen molar-refractivity contribution in [2.45, 2.75) is 6.61 Å². The first-order valence-corrected chi connectivity index (χ1v) is 7.91. The van der Waals surface area contributed by atoms with Gasteiger partial charge in [-0.15, -0.1) is 0 Å². The Morgan fingerprint density at radius 3 is 2.46 bits per heavy atom. The van der Waals surface area contributed by atoms with Crippen molar-refractivity contribution < 1.29 is 14.6 Å². The van der Waals surface area contributed by atoms with Crippen LogP contribution in [0.2, 0.25) is 5.02 Å². The maximum absolute atomic E-state index is 10.8. The summed E-state index contributed by atoms with van der Waals surface area (Å²) in [5.41, 5.74) is 1.98. The maximum atomic E-state index is 10.8. The molecule has 1 aromatic heterocycles. The maximum Gasteiger partial charge on any atom is 0.338 e. The standard InChI is InChI=1S/C19H12ClN3O3/c20-16-4-1-13(14(7-16)8-21)11-26-17-5-2-12(3-6-17)18-22-9-15(10-23-18)19(24)25/h1-7,9-10H,11H2,(H,24,25). The van der Waals surface area contributed by atoms with Gasteiger partial charge in [-0.1, -0.05) is 17.7 Å². The Kier molecular flexibility index (Phi) is 5.11. The molecule has 26 heavy (non-hydrogen) atoms. The van der Waals surface area contributed by atoms with Crippen molar-refractivity contribution >= 4 is 17.6 Å². The molecule has 6 nitrogen and oxygen atoms in total. The highest BCUT2D eigenvalue weighted by atomic mass is 35.5. The van der Waals surface area contributed by atoms with Crippen molar-refractivity contribution in [1.82, 2.24) is 9.97 Å². The van der Waals surface area contributed by atoms with Crippen LogP contribution in [0, 0.1) is 11.3 Å². The second kappa shape index (κ2) is 7.64. The Morgan fingerprint density at radius 1 is 1.15 bits per heavy atom. The van der Waals surface area contributed by atoms with Crippen LogP contribution in [0.1, 0.15) is 21.5 Å². The summed E-state index contributed by atoms with van der Waals surface area (Å²) in [5.74, 6) is -0.0278. The quantitative estimate of drug-likeness (QED) is 0.735. The number of carboxylic acids is 1. The molecule has 3 aromatic rings. The number of nitrogens with zero attached hydrogens (tertiary/aromatic N) is 3. The average molecular weight is 366 g/mol. The SMILES string of the molecule is N#Cc1cc(Cl)ccc1COc1ccc(-c2ncc(C(=O)O)cn2)cc1. The predicted octanol–water partition coefficient (Wildman–Crippen LogP) is 3.95. The van der Waals surface area contributed by atoms with Gasteiger partial charge in [-0.05, 0) is 36.4 Å². The van der Waals surface area contributed by atoms with E-state index in [9.17, 15) is 4.79 Å². The van der Waals surface area contributed by atoms with Gasteiger partial charge < -0.3 is 9.84 Å². The van der Waals surface area contributed by atoms with E-state index >= 15 is 0 Å². The molecule has 2 aromatic carbocycles. The zero-order valence-corrected chi connectivity index (χ0v) is 14.1. The minimum Gasteiger partial charge on any atom is -0.489 e. The van der Waals surface area contributed by atoms with Crippen LogP contribution in [0.5, 0.6) is 5.75 Å². The number of rotatable bonds is 5. The van der Waals surface area contributed by atoms with E-state index in [4.69, 9.17) is 26.7 Å². The van der Waals surface area contributed by atoms with Crippen molar-refractivity contribution in [3.8, 4) is 23.2 Å². The molecule has 7 heteroatoms. The van der Waals surface area contributed by atoms with Crippen LogP contribution in [-0.4, -0.2) is 21.0 Å². The summed E-state index contributed by atoms with van der Waals surface area (Å²) in [6.07, 6.45) is 2.53. The second-order valence-electron chi connectivity index (χ2n) is 5.33. The van der Waals surface area contributed by atoms with Gasteiger partial charge in [0.1, 0.15) is 12.4 Å². The number of hydrogen-bond acceptors (Lipinski definition) is 5. The third-order valence-electron chi connectivity index (χ3n) is 3.60. The van der Waals surface area contributed by atoms with E-state index in [0.29, 0.717) is 22.2 Å². The lowest BCUT2D eigenvalue weighted by atomic mass is 10.1. The van der Waals surface area contributed by atoms with Crippen LogP contribution >= 0.6 is 11.6 Å². The van der Waals surface area contributed by atoms with Crippen LogP contribution < -0.4 is 4.74 Å². The van der Waals surface area contributed by atoms with Gasteiger partial charge in [0.05, 0.1) is 17.2 Å². The molecule has 0 spiro atoms. The number of ether oxygens (including phenoxy) is 1. The summed E-state index contributed by atoms with van der Waals surface area (Å²) in [5, 5.41) is 18.5. The molecule has 0 fully saturated rings. The van der Waals surface area contributed by atoms with E-state index < -0.39 is 5.97 Å². The van der Waals surface area contributed by atoms with E-state index in [-0.39, 0.29) is 12.2 Å². The molecule has 1 heterocycles. The lowest BCUT2D eigenvalue weighted by molar-refractivity contribution is 0.0696. The summed E-state index contributed by atoms with van der Waals surface area (Å²) in [6.45, 7) is 0.239. The van der Waals surface area contributed by atoms with Gasteiger partial charge in [-0.3, -0.25) is 0 Å². The summed E-state index contributed by atoms with van der Waals surface area (Å²) in [4.78, 5) is 18.9. The van der Waals surface area contributed by atoms with Crippen LogP contribution in [0.3, 0.4) is 0 Å². The van der Waals surface area contributed by atoms with Gasteiger partial charge in [0.15, 0.2) is 5.82 Å². The molecule has 0 saturated carbocycles. The fourth-order valence-electron chi connectivity index (χ4n) is 2.23. The highest BCUT2D eigenvalue weighted by Gasteiger charge is 2.07. The average Bonchev–Trinajstić information content (AvgIpc) is 2.67. The van der Waals surface area contributed by atoms with Crippen molar-refractivity contribution in [3.63, 3.8) is 0 Å². The first-order valence-electron chi connectivity index (χ1n) is 7.54. The molecule has 0 aliphatic rings. The summed E-state index contributed by atoms with van der Waals surface area (Å²) >= 11 is 5.88. The number of halogens is 1.